The third-order valence-electron chi connectivity index (χ3n) is 8.41. The molecule has 8 nitrogen and oxygen atoms in total. The number of likely N-dealkylation sites (tertiary alicyclic amines) is 1. The summed E-state index contributed by atoms with van der Waals surface area (Å²) in [5.41, 5.74) is 3.87. The monoisotopic (exact) mass is 613 g/mol. The smallest absolute Gasteiger partial charge is 0.258 e. The van der Waals surface area contributed by atoms with Crippen LogP contribution >= 0.6 is 0 Å². The van der Waals surface area contributed by atoms with Gasteiger partial charge in [-0.1, -0.05) is 92.7 Å². The van der Waals surface area contributed by atoms with Gasteiger partial charge in [0.2, 0.25) is 11.8 Å². The van der Waals surface area contributed by atoms with Crippen molar-refractivity contribution in [2.75, 3.05) is 13.2 Å². The van der Waals surface area contributed by atoms with Crippen molar-refractivity contribution in [2.45, 2.75) is 84.0 Å². The first-order chi connectivity index (χ1) is 21.6. The predicted octanol–water partition coefficient (Wildman–Crippen LogP) is 4.54. The first-order valence-electron chi connectivity index (χ1n) is 16.0. The molecule has 0 aromatic heterocycles. The lowest BCUT2D eigenvalue weighted by Crippen LogP contribution is -2.54. The zero-order chi connectivity index (χ0) is 32.3. The fraction of sp³-hybridized carbons (Fsp3) is 0.432. The van der Waals surface area contributed by atoms with Crippen LogP contribution in [0.15, 0.2) is 78.9 Å². The molecule has 0 saturated carbocycles. The van der Waals surface area contributed by atoms with Crippen LogP contribution in [0.3, 0.4) is 0 Å². The molecule has 0 aliphatic carbocycles. The Morgan fingerprint density at radius 3 is 2.02 bits per heavy atom. The van der Waals surface area contributed by atoms with Crippen LogP contribution in [0.25, 0.3) is 0 Å². The first-order valence-corrected chi connectivity index (χ1v) is 16.0. The van der Waals surface area contributed by atoms with E-state index in [0.717, 1.165) is 28.7 Å². The number of rotatable bonds is 15. The average molecular weight is 614 g/mol. The number of aryl methyl sites for hydroxylation is 2. The van der Waals surface area contributed by atoms with Crippen LogP contribution in [-0.2, 0) is 27.2 Å². The van der Waals surface area contributed by atoms with E-state index in [9.17, 15) is 19.5 Å². The number of aliphatic hydroxyl groups is 1. The van der Waals surface area contributed by atoms with E-state index in [2.05, 4.69) is 10.6 Å². The normalized spacial score (nSPS) is 15.8. The summed E-state index contributed by atoms with van der Waals surface area (Å²) in [6.07, 6.45) is 1.32. The molecule has 3 aromatic rings. The van der Waals surface area contributed by atoms with Crippen LogP contribution in [0.1, 0.15) is 55.4 Å². The average Bonchev–Trinajstić information content (AvgIpc) is 3.42. The highest BCUT2D eigenvalue weighted by Gasteiger charge is 2.36. The topological polar surface area (TPSA) is 108 Å². The maximum Gasteiger partial charge on any atom is 0.258 e. The van der Waals surface area contributed by atoms with Gasteiger partial charge in [-0.3, -0.25) is 14.4 Å². The number of para-hydroxylation sites is 1. The van der Waals surface area contributed by atoms with Gasteiger partial charge in [-0.15, -0.1) is 0 Å². The molecule has 1 aliphatic rings. The Labute approximate surface area is 267 Å². The molecule has 4 atom stereocenters. The van der Waals surface area contributed by atoms with Gasteiger partial charge < -0.3 is 25.4 Å². The highest BCUT2D eigenvalue weighted by Crippen LogP contribution is 2.23. The number of carbonyl (C=O) groups excluding carboxylic acids is 3. The van der Waals surface area contributed by atoms with Gasteiger partial charge in [0, 0.05) is 19.0 Å². The number of aliphatic hydroxyl groups excluding tert-OH is 1. The van der Waals surface area contributed by atoms with Gasteiger partial charge in [-0.05, 0) is 67.7 Å². The summed E-state index contributed by atoms with van der Waals surface area (Å²) < 4.78 is 5.90. The lowest BCUT2D eigenvalue weighted by Gasteiger charge is -2.33. The van der Waals surface area contributed by atoms with E-state index in [1.165, 1.54) is 0 Å². The molecule has 3 amide bonds. The number of carbonyl (C=O) groups is 3. The Hall–Kier alpha value is -4.17. The van der Waals surface area contributed by atoms with Gasteiger partial charge >= 0.3 is 0 Å². The van der Waals surface area contributed by atoms with Crippen molar-refractivity contribution in [3.05, 3.63) is 101 Å². The molecular weight excluding hydrogens is 566 g/mol. The standard InChI is InChI=1S/C37H47N3O5/c1-25(2)35(40-20-12-19-34(40)43)37(44)38-30(21-28-15-7-5-8-16-28)23-32(41)31(22-29-17-9-6-10-18-29)39-33(42)24-45-36-26(3)13-11-14-27(36)4/h5-11,13-18,25,30-32,35,41H,12,19-24H2,1-4H3,(H,38,44)(H,39,42)/t30-,31-,32-,35-/m0/s1. The summed E-state index contributed by atoms with van der Waals surface area (Å²) in [4.78, 5) is 41.2. The van der Waals surface area contributed by atoms with E-state index in [1.54, 1.807) is 4.90 Å². The third-order valence-corrected chi connectivity index (χ3v) is 8.41. The molecule has 0 spiro atoms. The van der Waals surface area contributed by atoms with Crippen molar-refractivity contribution in [1.82, 2.24) is 15.5 Å². The SMILES string of the molecule is Cc1cccc(C)c1OCC(=O)N[C@@H](Cc1ccccc1)[C@@H](O)C[C@H](Cc1ccccc1)NC(=O)[C@H](C(C)C)N1CCCC1=O. The zero-order valence-corrected chi connectivity index (χ0v) is 26.9. The Morgan fingerprint density at radius 2 is 1.47 bits per heavy atom. The molecule has 0 unspecified atom stereocenters. The molecule has 0 bridgehead atoms. The molecule has 8 heteroatoms. The van der Waals surface area contributed by atoms with E-state index in [4.69, 9.17) is 4.74 Å². The van der Waals surface area contributed by atoms with Crippen molar-refractivity contribution in [3.63, 3.8) is 0 Å². The number of ether oxygens (including phenoxy) is 1. The second kappa shape index (κ2) is 16.2. The van der Waals surface area contributed by atoms with Gasteiger partial charge in [0.25, 0.3) is 5.91 Å². The minimum absolute atomic E-state index is 0.00255. The number of nitrogens with zero attached hydrogens (tertiary/aromatic N) is 1. The number of amides is 3. The summed E-state index contributed by atoms with van der Waals surface area (Å²) in [6.45, 7) is 8.15. The minimum Gasteiger partial charge on any atom is -0.483 e. The quantitative estimate of drug-likeness (QED) is 0.233. The Kier molecular flexibility index (Phi) is 12.2. The Morgan fingerprint density at radius 1 is 0.867 bits per heavy atom. The van der Waals surface area contributed by atoms with Crippen LogP contribution in [0.4, 0.5) is 0 Å². The molecule has 3 aromatic carbocycles. The molecule has 1 heterocycles. The van der Waals surface area contributed by atoms with Crippen LogP contribution in [0, 0.1) is 19.8 Å². The molecule has 1 aliphatic heterocycles. The first kappa shape index (κ1) is 33.7. The maximum atomic E-state index is 13.7. The van der Waals surface area contributed by atoms with Crippen LogP contribution in [0.2, 0.25) is 0 Å². The number of hydrogen-bond donors (Lipinski definition) is 3. The fourth-order valence-electron chi connectivity index (χ4n) is 6.17. The molecule has 240 valence electrons. The summed E-state index contributed by atoms with van der Waals surface area (Å²) in [7, 11) is 0. The van der Waals surface area contributed by atoms with Crippen LogP contribution in [-0.4, -0.2) is 65.1 Å². The summed E-state index contributed by atoms with van der Waals surface area (Å²) >= 11 is 0. The van der Waals surface area contributed by atoms with Gasteiger partial charge in [0.15, 0.2) is 6.61 Å². The number of hydrogen-bond acceptors (Lipinski definition) is 5. The maximum absolute atomic E-state index is 13.7. The summed E-state index contributed by atoms with van der Waals surface area (Å²) in [5.74, 6) is 0.0379. The highest BCUT2D eigenvalue weighted by molar-refractivity contribution is 5.89. The van der Waals surface area contributed by atoms with E-state index in [-0.39, 0.29) is 36.7 Å². The summed E-state index contributed by atoms with van der Waals surface area (Å²) in [5, 5.41) is 17.9. The van der Waals surface area contributed by atoms with E-state index < -0.39 is 24.2 Å². The minimum atomic E-state index is -0.978. The predicted molar refractivity (Wildman–Crippen MR) is 176 cm³/mol. The molecular formula is C37H47N3O5. The number of benzene rings is 3. The van der Waals surface area contributed by atoms with Crippen LogP contribution in [0.5, 0.6) is 5.75 Å². The molecule has 1 saturated heterocycles. The second-order valence-electron chi connectivity index (χ2n) is 12.5. The van der Waals surface area contributed by atoms with Gasteiger partial charge in [0.1, 0.15) is 11.8 Å². The van der Waals surface area contributed by atoms with E-state index in [0.29, 0.717) is 31.6 Å². The van der Waals surface area contributed by atoms with Gasteiger partial charge in [0.05, 0.1) is 12.1 Å². The van der Waals surface area contributed by atoms with Crippen LogP contribution < -0.4 is 15.4 Å². The van der Waals surface area contributed by atoms with E-state index >= 15 is 0 Å². The molecule has 0 radical (unpaired) electrons. The van der Waals surface area contributed by atoms with Crippen molar-refractivity contribution in [2.24, 2.45) is 5.92 Å². The van der Waals surface area contributed by atoms with Gasteiger partial charge in [-0.2, -0.15) is 0 Å². The molecule has 1 fully saturated rings. The number of nitrogens with one attached hydrogen (secondary N) is 2. The third kappa shape index (κ3) is 9.66. The zero-order valence-electron chi connectivity index (χ0n) is 26.9. The lowest BCUT2D eigenvalue weighted by atomic mass is 9.93. The fourth-order valence-corrected chi connectivity index (χ4v) is 6.17. The Bertz CT molecular complexity index is 1390. The van der Waals surface area contributed by atoms with E-state index in [1.807, 2.05) is 107 Å². The lowest BCUT2D eigenvalue weighted by molar-refractivity contribution is -0.139. The van der Waals surface area contributed by atoms with Crippen molar-refractivity contribution < 1.29 is 24.2 Å². The largest absolute Gasteiger partial charge is 0.483 e. The molecule has 3 N–H and O–H groups in total. The molecule has 45 heavy (non-hydrogen) atoms. The molecule has 4 rings (SSSR count). The van der Waals surface area contributed by atoms with Crippen molar-refractivity contribution >= 4 is 17.7 Å². The van der Waals surface area contributed by atoms with Crippen molar-refractivity contribution in [3.8, 4) is 5.75 Å². The van der Waals surface area contributed by atoms with Gasteiger partial charge in [-0.25, -0.2) is 0 Å². The second-order valence-corrected chi connectivity index (χ2v) is 12.5. The highest BCUT2D eigenvalue weighted by atomic mass is 16.5. The summed E-state index contributed by atoms with van der Waals surface area (Å²) in [6, 6.07) is 23.7. The Balaban J connectivity index is 1.52. The van der Waals surface area contributed by atoms with Crippen molar-refractivity contribution in [1.29, 1.82) is 0 Å².